The lowest BCUT2D eigenvalue weighted by molar-refractivity contribution is -0.119. The highest BCUT2D eigenvalue weighted by molar-refractivity contribution is 7.80. The van der Waals surface area contributed by atoms with Crippen molar-refractivity contribution in [3.8, 4) is 11.6 Å². The van der Waals surface area contributed by atoms with Crippen LogP contribution in [0.2, 0.25) is 0 Å². The highest BCUT2D eigenvalue weighted by Crippen LogP contribution is 2.26. The molecule has 3 amide bonds. The number of carbonyl (C=O) groups excluding carboxylic acids is 2. The topological polar surface area (TPSA) is 115 Å². The molecular weight excluding hydrogens is 590 g/mol. The zero-order valence-electron chi connectivity index (χ0n) is 24.8. The Labute approximate surface area is 260 Å². The molecule has 0 aliphatic carbocycles. The Kier molecular flexibility index (Phi) is 11.5. The number of ether oxygens (including phenoxy) is 1. The van der Waals surface area contributed by atoms with Crippen molar-refractivity contribution >= 4 is 40.8 Å². The lowest BCUT2D eigenvalue weighted by Crippen LogP contribution is -2.48. The Morgan fingerprint density at radius 1 is 1.02 bits per heavy atom. The monoisotopic (exact) mass is 626 g/mol. The van der Waals surface area contributed by atoms with Gasteiger partial charge in [0.25, 0.3) is 0 Å². The SMILES string of the molecule is CN(C)CCN1CCC(N(C)C(=O)Nc2cc(Oc3ccc(NC(=S)NC(=O)Cc4ccc(F)cc4)cc3F)ncn2)CC1. The minimum atomic E-state index is -0.712. The fourth-order valence-electron chi connectivity index (χ4n) is 4.59. The van der Waals surface area contributed by atoms with Crippen LogP contribution in [0, 0.1) is 11.6 Å². The van der Waals surface area contributed by atoms with E-state index in [2.05, 4.69) is 49.8 Å². The van der Waals surface area contributed by atoms with Crippen LogP contribution >= 0.6 is 12.2 Å². The number of carbonyl (C=O) groups is 2. The minimum absolute atomic E-state index is 0.00246. The van der Waals surface area contributed by atoms with Crippen molar-refractivity contribution in [2.24, 2.45) is 0 Å². The summed E-state index contributed by atoms with van der Waals surface area (Å²) >= 11 is 5.15. The summed E-state index contributed by atoms with van der Waals surface area (Å²) in [6.07, 6.45) is 2.98. The van der Waals surface area contributed by atoms with E-state index < -0.39 is 17.5 Å². The first kappa shape index (κ1) is 32.6. The van der Waals surface area contributed by atoms with Crippen molar-refractivity contribution in [2.45, 2.75) is 25.3 Å². The summed E-state index contributed by atoms with van der Waals surface area (Å²) in [5, 5.41) is 7.98. The van der Waals surface area contributed by atoms with Gasteiger partial charge in [-0.2, -0.15) is 0 Å². The van der Waals surface area contributed by atoms with Crippen LogP contribution < -0.4 is 20.7 Å². The van der Waals surface area contributed by atoms with Crippen LogP contribution in [-0.4, -0.2) is 95.1 Å². The van der Waals surface area contributed by atoms with Crippen LogP contribution in [0.25, 0.3) is 0 Å². The maximum atomic E-state index is 14.9. The van der Waals surface area contributed by atoms with Gasteiger partial charge in [-0.25, -0.2) is 23.5 Å². The molecule has 14 heteroatoms. The van der Waals surface area contributed by atoms with Gasteiger partial charge in [0.1, 0.15) is 18.0 Å². The number of nitrogens with one attached hydrogen (secondary N) is 3. The summed E-state index contributed by atoms with van der Waals surface area (Å²) in [5.74, 6) is -1.37. The van der Waals surface area contributed by atoms with Gasteiger partial charge < -0.3 is 30.1 Å². The zero-order valence-corrected chi connectivity index (χ0v) is 25.7. The Morgan fingerprint density at radius 3 is 2.43 bits per heavy atom. The first-order valence-electron chi connectivity index (χ1n) is 14.1. The molecule has 0 unspecified atom stereocenters. The molecule has 234 valence electrons. The van der Waals surface area contributed by atoms with E-state index in [1.165, 1.54) is 48.8 Å². The second-order valence-electron chi connectivity index (χ2n) is 10.7. The molecule has 11 nitrogen and oxygen atoms in total. The van der Waals surface area contributed by atoms with E-state index in [4.69, 9.17) is 17.0 Å². The van der Waals surface area contributed by atoms with Gasteiger partial charge >= 0.3 is 6.03 Å². The average Bonchev–Trinajstić information content (AvgIpc) is 2.98. The molecule has 3 aromatic rings. The molecule has 1 fully saturated rings. The number of halogens is 2. The number of likely N-dealkylation sites (N-methyl/N-ethyl adjacent to an activating group) is 1. The molecule has 3 N–H and O–H groups in total. The van der Waals surface area contributed by atoms with Crippen LogP contribution in [0.3, 0.4) is 0 Å². The molecule has 0 atom stereocenters. The number of thiocarbonyl (C=S) groups is 1. The summed E-state index contributed by atoms with van der Waals surface area (Å²) in [6.45, 7) is 3.86. The molecule has 1 aliphatic rings. The van der Waals surface area contributed by atoms with Crippen LogP contribution in [0.4, 0.5) is 25.1 Å². The molecule has 1 aromatic heterocycles. The molecular formula is C30H36F2N8O3S. The molecule has 0 radical (unpaired) electrons. The van der Waals surface area contributed by atoms with E-state index in [1.54, 1.807) is 11.9 Å². The van der Waals surface area contributed by atoms with E-state index in [0.29, 0.717) is 5.56 Å². The van der Waals surface area contributed by atoms with E-state index in [-0.39, 0.29) is 46.7 Å². The highest BCUT2D eigenvalue weighted by Gasteiger charge is 2.25. The third-order valence-corrected chi connectivity index (χ3v) is 7.30. The summed E-state index contributed by atoms with van der Waals surface area (Å²) in [7, 11) is 5.88. The van der Waals surface area contributed by atoms with Crippen molar-refractivity contribution in [1.29, 1.82) is 0 Å². The van der Waals surface area contributed by atoms with Crippen LogP contribution in [0.5, 0.6) is 11.6 Å². The number of rotatable bonds is 10. The van der Waals surface area contributed by atoms with E-state index in [1.807, 2.05) is 0 Å². The number of nitrogens with zero attached hydrogens (tertiary/aromatic N) is 5. The van der Waals surface area contributed by atoms with Gasteiger partial charge in [0.05, 0.1) is 6.42 Å². The van der Waals surface area contributed by atoms with Crippen LogP contribution in [-0.2, 0) is 11.2 Å². The second-order valence-corrected chi connectivity index (χ2v) is 11.1. The van der Waals surface area contributed by atoms with Gasteiger partial charge in [0.2, 0.25) is 11.8 Å². The molecule has 2 heterocycles. The Bertz CT molecular complexity index is 1450. The van der Waals surface area contributed by atoms with E-state index in [9.17, 15) is 18.4 Å². The second kappa shape index (κ2) is 15.5. The summed E-state index contributed by atoms with van der Waals surface area (Å²) in [5.41, 5.74) is 0.898. The fourth-order valence-corrected chi connectivity index (χ4v) is 4.83. The van der Waals surface area contributed by atoms with Crippen molar-refractivity contribution in [3.05, 3.63) is 72.1 Å². The number of hydrogen-bond acceptors (Lipinski definition) is 8. The van der Waals surface area contributed by atoms with Gasteiger partial charge in [0, 0.05) is 57.1 Å². The first-order chi connectivity index (χ1) is 21.0. The maximum Gasteiger partial charge on any atom is 0.323 e. The normalized spacial score (nSPS) is 13.8. The van der Waals surface area contributed by atoms with Gasteiger partial charge in [-0.15, -0.1) is 0 Å². The number of likely N-dealkylation sites (tertiary alicyclic amines) is 1. The molecule has 0 saturated carbocycles. The van der Waals surface area contributed by atoms with Crippen LogP contribution in [0.1, 0.15) is 18.4 Å². The number of amides is 3. The first-order valence-corrected chi connectivity index (χ1v) is 14.5. The van der Waals surface area contributed by atoms with Gasteiger partial charge in [-0.1, -0.05) is 12.1 Å². The molecule has 44 heavy (non-hydrogen) atoms. The van der Waals surface area contributed by atoms with Gasteiger partial charge in [-0.05, 0) is 69.0 Å². The summed E-state index contributed by atoms with van der Waals surface area (Å²) in [4.78, 5) is 39.5. The Morgan fingerprint density at radius 2 is 1.75 bits per heavy atom. The van der Waals surface area contributed by atoms with Crippen LogP contribution in [0.15, 0.2) is 54.9 Å². The standard InChI is InChI=1S/C30H36F2N8O3S/c1-38(2)14-15-40-12-10-23(11-13-40)39(3)30(42)36-26-18-28(34-19-33-26)43-25-9-8-22(17-24(25)32)35-29(44)37-27(41)16-20-4-6-21(31)7-5-20/h4-9,17-19,23H,10-16H2,1-3H3,(H,33,34,36,42)(H2,35,37,41,44). The molecule has 0 spiro atoms. The van der Waals surface area contributed by atoms with Crippen molar-refractivity contribution in [3.63, 3.8) is 0 Å². The number of hydrogen-bond donors (Lipinski definition) is 3. The number of aromatic nitrogens is 2. The van der Waals surface area contributed by atoms with E-state index in [0.717, 1.165) is 45.1 Å². The molecule has 4 rings (SSSR count). The maximum absolute atomic E-state index is 14.9. The minimum Gasteiger partial charge on any atom is -0.436 e. The fraction of sp³-hybridized carbons (Fsp3) is 0.367. The number of anilines is 2. The van der Waals surface area contributed by atoms with Crippen molar-refractivity contribution in [1.82, 2.24) is 30.0 Å². The Hall–Kier alpha value is -4.27. The molecule has 2 aromatic carbocycles. The smallest absolute Gasteiger partial charge is 0.323 e. The molecule has 0 bridgehead atoms. The molecule has 1 saturated heterocycles. The average molecular weight is 627 g/mol. The highest BCUT2D eigenvalue weighted by atomic mass is 32.1. The third-order valence-electron chi connectivity index (χ3n) is 7.10. The predicted octanol–water partition coefficient (Wildman–Crippen LogP) is 4.09. The lowest BCUT2D eigenvalue weighted by atomic mass is 10.0. The van der Waals surface area contributed by atoms with Gasteiger partial charge in [0.15, 0.2) is 16.7 Å². The summed E-state index contributed by atoms with van der Waals surface area (Å²) in [6, 6.07) is 10.8. The van der Waals surface area contributed by atoms with E-state index >= 15 is 0 Å². The van der Waals surface area contributed by atoms with Crippen molar-refractivity contribution in [2.75, 3.05) is 58.0 Å². The summed E-state index contributed by atoms with van der Waals surface area (Å²) < 4.78 is 33.5. The van der Waals surface area contributed by atoms with Gasteiger partial charge in [-0.3, -0.25) is 10.1 Å². The zero-order chi connectivity index (χ0) is 31.6. The lowest BCUT2D eigenvalue weighted by Gasteiger charge is -2.37. The molecule has 1 aliphatic heterocycles. The Balaban J connectivity index is 1.26. The number of urea groups is 1. The number of benzene rings is 2. The largest absolute Gasteiger partial charge is 0.436 e. The predicted molar refractivity (Wildman–Crippen MR) is 168 cm³/mol. The van der Waals surface area contributed by atoms with Crippen molar-refractivity contribution < 1.29 is 23.1 Å². The third kappa shape index (κ3) is 9.89. The number of piperidine rings is 1. The quantitative estimate of drug-likeness (QED) is 0.286.